The molecule has 1 saturated heterocycles. The molecule has 0 radical (unpaired) electrons. The lowest BCUT2D eigenvalue weighted by Crippen LogP contribution is -2.49. The van der Waals surface area contributed by atoms with Crippen molar-refractivity contribution in [3.63, 3.8) is 0 Å². The number of piperidine rings is 1. The number of guanidine groups is 1. The van der Waals surface area contributed by atoms with Crippen LogP contribution < -0.4 is 10.6 Å². The Morgan fingerprint density at radius 2 is 2.00 bits per heavy atom. The third-order valence-corrected chi connectivity index (χ3v) is 4.60. The fourth-order valence-corrected chi connectivity index (χ4v) is 3.20. The molecule has 1 unspecified atom stereocenters. The lowest BCUT2D eigenvalue weighted by atomic mass is 10.1. The molecule has 5 heteroatoms. The maximum atomic E-state index is 5.61. The molecule has 0 amide bonds. The summed E-state index contributed by atoms with van der Waals surface area (Å²) >= 11 is 0. The number of ether oxygens (including phenoxy) is 1. The van der Waals surface area contributed by atoms with Crippen LogP contribution in [0.2, 0.25) is 0 Å². The summed E-state index contributed by atoms with van der Waals surface area (Å²) in [4.78, 5) is 6.91. The van der Waals surface area contributed by atoms with Crippen molar-refractivity contribution in [2.24, 2.45) is 4.99 Å². The number of nitrogens with one attached hydrogen (secondary N) is 2. The highest BCUT2D eigenvalue weighted by Crippen LogP contribution is 2.15. The molecule has 0 bridgehead atoms. The average Bonchev–Trinajstić information content (AvgIpc) is 2.64. The summed E-state index contributed by atoms with van der Waals surface area (Å²) in [7, 11) is 3.57. The van der Waals surface area contributed by atoms with E-state index in [4.69, 9.17) is 4.74 Å². The minimum absolute atomic E-state index is 0.0242. The normalized spacial score (nSPS) is 18.4. The Balaban J connectivity index is 1.78. The van der Waals surface area contributed by atoms with E-state index in [1.165, 1.54) is 44.5 Å². The number of rotatable bonds is 7. The molecule has 0 aliphatic carbocycles. The molecule has 1 fully saturated rings. The zero-order valence-corrected chi connectivity index (χ0v) is 15.3. The minimum atomic E-state index is 0.0242. The van der Waals surface area contributed by atoms with E-state index in [1.807, 2.05) is 25.2 Å². The molecular weight excluding hydrogens is 300 g/mol. The molecule has 1 atom stereocenters. The molecule has 134 valence electrons. The highest BCUT2D eigenvalue weighted by atomic mass is 16.5. The van der Waals surface area contributed by atoms with Crippen molar-refractivity contribution >= 4 is 5.96 Å². The van der Waals surface area contributed by atoms with Gasteiger partial charge in [0.1, 0.15) is 0 Å². The summed E-state index contributed by atoms with van der Waals surface area (Å²) in [6, 6.07) is 10.8. The smallest absolute Gasteiger partial charge is 0.191 e. The van der Waals surface area contributed by atoms with Gasteiger partial charge in [-0.25, -0.2) is 0 Å². The summed E-state index contributed by atoms with van der Waals surface area (Å²) < 4.78 is 5.61. The van der Waals surface area contributed by atoms with Gasteiger partial charge in [-0.15, -0.1) is 0 Å². The largest absolute Gasteiger partial charge is 0.375 e. The van der Waals surface area contributed by atoms with Crippen molar-refractivity contribution < 1.29 is 4.74 Å². The minimum Gasteiger partial charge on any atom is -0.375 e. The van der Waals surface area contributed by atoms with Crippen molar-refractivity contribution in [1.82, 2.24) is 15.5 Å². The maximum Gasteiger partial charge on any atom is 0.191 e. The number of nitrogens with zero attached hydrogens (tertiary/aromatic N) is 2. The van der Waals surface area contributed by atoms with Crippen LogP contribution in [-0.2, 0) is 4.74 Å². The third kappa shape index (κ3) is 5.80. The Labute approximate surface area is 146 Å². The molecule has 0 spiro atoms. The van der Waals surface area contributed by atoms with Gasteiger partial charge in [0.05, 0.1) is 6.10 Å². The third-order valence-electron chi connectivity index (χ3n) is 4.60. The van der Waals surface area contributed by atoms with Crippen LogP contribution in [0.5, 0.6) is 0 Å². The van der Waals surface area contributed by atoms with Crippen LogP contribution in [0.3, 0.4) is 0 Å². The highest BCUT2D eigenvalue weighted by molar-refractivity contribution is 5.80. The molecule has 1 aliphatic heterocycles. The number of aliphatic imine (C=N–C) groups is 1. The van der Waals surface area contributed by atoms with Gasteiger partial charge in [0, 0.05) is 39.8 Å². The van der Waals surface area contributed by atoms with Gasteiger partial charge < -0.3 is 20.3 Å². The van der Waals surface area contributed by atoms with Gasteiger partial charge in [0.2, 0.25) is 0 Å². The Hall–Kier alpha value is -1.59. The van der Waals surface area contributed by atoms with E-state index in [1.54, 1.807) is 7.11 Å². The molecule has 24 heavy (non-hydrogen) atoms. The molecule has 1 heterocycles. The molecule has 2 rings (SSSR count). The molecule has 0 saturated carbocycles. The van der Waals surface area contributed by atoms with Crippen LogP contribution in [0.1, 0.15) is 37.9 Å². The van der Waals surface area contributed by atoms with Gasteiger partial charge in [-0.3, -0.25) is 4.99 Å². The molecule has 5 nitrogen and oxygen atoms in total. The van der Waals surface area contributed by atoms with Crippen molar-refractivity contribution in [1.29, 1.82) is 0 Å². The van der Waals surface area contributed by atoms with Crippen molar-refractivity contribution in [3.8, 4) is 0 Å². The summed E-state index contributed by atoms with van der Waals surface area (Å²) in [5.41, 5.74) is 1.18. The molecule has 2 N–H and O–H groups in total. The van der Waals surface area contributed by atoms with Gasteiger partial charge >= 0.3 is 0 Å². The van der Waals surface area contributed by atoms with E-state index in [-0.39, 0.29) is 6.10 Å². The monoisotopic (exact) mass is 332 g/mol. The summed E-state index contributed by atoms with van der Waals surface area (Å²) in [5.74, 6) is 0.863. The Bertz CT molecular complexity index is 483. The fourth-order valence-electron chi connectivity index (χ4n) is 3.20. The van der Waals surface area contributed by atoms with Gasteiger partial charge in [0.15, 0.2) is 5.96 Å². The summed E-state index contributed by atoms with van der Waals surface area (Å²) in [6.07, 6.45) is 3.61. The molecule has 1 aromatic carbocycles. The number of methoxy groups -OCH3 is 1. The first-order valence-corrected chi connectivity index (χ1v) is 9.04. The fraction of sp³-hybridized carbons (Fsp3) is 0.632. The van der Waals surface area contributed by atoms with Crippen LogP contribution in [0.4, 0.5) is 0 Å². The topological polar surface area (TPSA) is 48.9 Å². The number of benzene rings is 1. The number of likely N-dealkylation sites (tertiary alicyclic amines) is 1. The predicted octanol–water partition coefficient (Wildman–Crippen LogP) is 2.41. The maximum absolute atomic E-state index is 5.61. The second kappa shape index (κ2) is 10.3. The first-order valence-electron chi connectivity index (χ1n) is 9.04. The van der Waals surface area contributed by atoms with E-state index in [9.17, 15) is 0 Å². The van der Waals surface area contributed by atoms with Crippen LogP contribution >= 0.6 is 0 Å². The van der Waals surface area contributed by atoms with E-state index in [0.29, 0.717) is 12.6 Å². The van der Waals surface area contributed by atoms with Crippen molar-refractivity contribution in [3.05, 3.63) is 35.9 Å². The van der Waals surface area contributed by atoms with Gasteiger partial charge in [-0.1, -0.05) is 37.3 Å². The lowest BCUT2D eigenvalue weighted by molar-refractivity contribution is 0.106. The highest BCUT2D eigenvalue weighted by Gasteiger charge is 2.19. The number of hydrogen-bond donors (Lipinski definition) is 2. The molecule has 1 aliphatic rings. The lowest BCUT2D eigenvalue weighted by Gasteiger charge is -2.33. The van der Waals surface area contributed by atoms with Crippen LogP contribution in [0.15, 0.2) is 35.3 Å². The Kier molecular flexibility index (Phi) is 8.05. The number of hydrogen-bond acceptors (Lipinski definition) is 3. The SMILES string of the molecule is CCCN1CCC(NC(=NC)NCC(OC)c2ccccc2)CC1. The molecule has 1 aromatic rings. The standard InChI is InChI=1S/C19H32N4O/c1-4-12-23-13-10-17(11-14-23)22-19(20-2)21-15-18(24-3)16-8-6-5-7-9-16/h5-9,17-18H,4,10-15H2,1-3H3,(H2,20,21,22). The second-order valence-electron chi connectivity index (χ2n) is 6.35. The molecule has 0 aromatic heterocycles. The quantitative estimate of drug-likeness (QED) is 0.595. The zero-order valence-electron chi connectivity index (χ0n) is 15.3. The first kappa shape index (κ1) is 18.7. The Morgan fingerprint density at radius 3 is 2.58 bits per heavy atom. The van der Waals surface area contributed by atoms with Gasteiger partial charge in [-0.2, -0.15) is 0 Å². The zero-order chi connectivity index (χ0) is 17.2. The van der Waals surface area contributed by atoms with E-state index >= 15 is 0 Å². The predicted molar refractivity (Wildman–Crippen MR) is 100 cm³/mol. The van der Waals surface area contributed by atoms with Gasteiger partial charge in [0.25, 0.3) is 0 Å². The second-order valence-corrected chi connectivity index (χ2v) is 6.35. The van der Waals surface area contributed by atoms with Gasteiger partial charge in [-0.05, 0) is 31.4 Å². The average molecular weight is 332 g/mol. The van der Waals surface area contributed by atoms with Crippen LogP contribution in [-0.4, -0.2) is 57.2 Å². The summed E-state index contributed by atoms with van der Waals surface area (Å²) in [5, 5.41) is 6.96. The van der Waals surface area contributed by atoms with E-state index in [0.717, 1.165) is 5.96 Å². The first-order chi connectivity index (χ1) is 11.8. The van der Waals surface area contributed by atoms with Crippen LogP contribution in [0.25, 0.3) is 0 Å². The van der Waals surface area contributed by atoms with Crippen molar-refractivity contribution in [2.75, 3.05) is 40.3 Å². The Morgan fingerprint density at radius 1 is 1.29 bits per heavy atom. The van der Waals surface area contributed by atoms with Crippen molar-refractivity contribution in [2.45, 2.75) is 38.3 Å². The molecular formula is C19H32N4O. The summed E-state index contributed by atoms with van der Waals surface area (Å²) in [6.45, 7) is 6.51. The van der Waals surface area contributed by atoms with E-state index < -0.39 is 0 Å². The van der Waals surface area contributed by atoms with Crippen LogP contribution in [0, 0.1) is 0 Å². The van der Waals surface area contributed by atoms with E-state index in [2.05, 4.69) is 39.6 Å².